The summed E-state index contributed by atoms with van der Waals surface area (Å²) in [6, 6.07) is 11.9. The number of hydrogen-bond acceptors (Lipinski definition) is 2. The van der Waals surface area contributed by atoms with Gasteiger partial charge in [0.1, 0.15) is 12.4 Å². The second-order valence-electron chi connectivity index (χ2n) is 4.63. The topological polar surface area (TPSA) is 35.2 Å². The Morgan fingerprint density at radius 1 is 1.11 bits per heavy atom. The lowest BCUT2D eigenvalue weighted by atomic mass is 10.1. The molecule has 0 aromatic heterocycles. The molecule has 0 bridgehead atoms. The fourth-order valence-corrected chi connectivity index (χ4v) is 2.17. The normalized spacial score (nSPS) is 10.5. The van der Waals surface area contributed by atoms with Gasteiger partial charge in [-0.3, -0.25) is 0 Å². The molecule has 100 valence electrons. The summed E-state index contributed by atoms with van der Waals surface area (Å²) in [5.41, 5.74) is 10.3. The molecule has 0 heterocycles. The Balaban J connectivity index is 2.14. The molecule has 0 saturated carbocycles. The van der Waals surface area contributed by atoms with E-state index in [-0.39, 0.29) is 0 Å². The van der Waals surface area contributed by atoms with E-state index in [2.05, 4.69) is 32.0 Å². The van der Waals surface area contributed by atoms with Crippen LogP contribution in [0.2, 0.25) is 5.02 Å². The van der Waals surface area contributed by atoms with Gasteiger partial charge in [-0.15, -0.1) is 0 Å². The molecule has 2 rings (SSSR count). The summed E-state index contributed by atoms with van der Waals surface area (Å²) in [6.45, 7) is 5.10. The maximum atomic E-state index is 6.10. The molecule has 0 atom stereocenters. The van der Waals surface area contributed by atoms with Gasteiger partial charge >= 0.3 is 0 Å². The van der Waals surface area contributed by atoms with E-state index in [1.807, 2.05) is 18.2 Å². The second-order valence-corrected chi connectivity index (χ2v) is 5.04. The van der Waals surface area contributed by atoms with Crippen molar-refractivity contribution in [1.82, 2.24) is 0 Å². The predicted molar refractivity (Wildman–Crippen MR) is 79.6 cm³/mol. The molecule has 0 aliphatic heterocycles. The van der Waals surface area contributed by atoms with Crippen LogP contribution in [0.25, 0.3) is 0 Å². The van der Waals surface area contributed by atoms with Crippen LogP contribution in [0.4, 0.5) is 0 Å². The molecule has 2 nitrogen and oxygen atoms in total. The molecule has 2 N–H and O–H groups in total. The number of benzene rings is 2. The van der Waals surface area contributed by atoms with E-state index < -0.39 is 0 Å². The van der Waals surface area contributed by atoms with Gasteiger partial charge in [-0.1, -0.05) is 35.9 Å². The molecule has 0 fully saturated rings. The van der Waals surface area contributed by atoms with Gasteiger partial charge < -0.3 is 10.5 Å². The van der Waals surface area contributed by atoms with E-state index in [1.165, 1.54) is 11.1 Å². The molecule has 2 aromatic rings. The van der Waals surface area contributed by atoms with Gasteiger partial charge in [-0.05, 0) is 42.7 Å². The zero-order chi connectivity index (χ0) is 13.8. The highest BCUT2D eigenvalue weighted by Gasteiger charge is 2.06. The van der Waals surface area contributed by atoms with Gasteiger partial charge in [0.25, 0.3) is 0 Å². The van der Waals surface area contributed by atoms with E-state index in [0.717, 1.165) is 16.9 Å². The van der Waals surface area contributed by atoms with Crippen molar-refractivity contribution in [1.29, 1.82) is 0 Å². The van der Waals surface area contributed by atoms with Gasteiger partial charge in [0.05, 0.1) is 0 Å². The Morgan fingerprint density at radius 3 is 2.58 bits per heavy atom. The zero-order valence-electron chi connectivity index (χ0n) is 11.2. The Kier molecular flexibility index (Phi) is 4.46. The number of rotatable bonds is 4. The third kappa shape index (κ3) is 3.28. The Bertz CT molecular complexity index is 581. The van der Waals surface area contributed by atoms with Gasteiger partial charge in [0.15, 0.2) is 0 Å². The van der Waals surface area contributed by atoms with Gasteiger partial charge in [0, 0.05) is 17.1 Å². The number of aryl methyl sites for hydroxylation is 2. The van der Waals surface area contributed by atoms with Crippen molar-refractivity contribution in [3.63, 3.8) is 0 Å². The van der Waals surface area contributed by atoms with E-state index in [4.69, 9.17) is 22.1 Å². The summed E-state index contributed by atoms with van der Waals surface area (Å²) < 4.78 is 5.83. The minimum atomic E-state index is 0.377. The van der Waals surface area contributed by atoms with Gasteiger partial charge in [-0.25, -0.2) is 0 Å². The zero-order valence-corrected chi connectivity index (χ0v) is 12.0. The minimum Gasteiger partial charge on any atom is -0.489 e. The lowest BCUT2D eigenvalue weighted by Gasteiger charge is -2.12. The van der Waals surface area contributed by atoms with Crippen LogP contribution in [0.5, 0.6) is 5.75 Å². The first kappa shape index (κ1) is 13.9. The molecule has 3 heteroatoms. The van der Waals surface area contributed by atoms with Crippen LogP contribution >= 0.6 is 11.6 Å². The van der Waals surface area contributed by atoms with Crippen molar-refractivity contribution < 1.29 is 4.74 Å². The Morgan fingerprint density at radius 2 is 1.89 bits per heavy atom. The van der Waals surface area contributed by atoms with Crippen LogP contribution in [0.15, 0.2) is 36.4 Å². The molecule has 19 heavy (non-hydrogen) atoms. The molecule has 0 unspecified atom stereocenters. The highest BCUT2D eigenvalue weighted by atomic mass is 35.5. The summed E-state index contributed by atoms with van der Waals surface area (Å²) in [5, 5.41) is 0.653. The van der Waals surface area contributed by atoms with Crippen LogP contribution in [0, 0.1) is 13.8 Å². The summed E-state index contributed by atoms with van der Waals surface area (Å²) in [7, 11) is 0. The first-order valence-electron chi connectivity index (χ1n) is 6.28. The van der Waals surface area contributed by atoms with Gasteiger partial charge in [-0.2, -0.15) is 0 Å². The SMILES string of the molecule is Cc1ccc(COc2cccc(Cl)c2CN)cc1C. The van der Waals surface area contributed by atoms with Crippen LogP contribution < -0.4 is 10.5 Å². The number of ether oxygens (including phenoxy) is 1. The standard InChI is InChI=1S/C16H18ClNO/c1-11-6-7-13(8-12(11)2)10-19-16-5-3-4-15(17)14(16)9-18/h3-8H,9-10,18H2,1-2H3. The maximum absolute atomic E-state index is 6.10. The minimum absolute atomic E-state index is 0.377. The fraction of sp³-hybridized carbons (Fsp3) is 0.250. The van der Waals surface area contributed by atoms with E-state index in [0.29, 0.717) is 18.2 Å². The third-order valence-electron chi connectivity index (χ3n) is 3.25. The van der Waals surface area contributed by atoms with Crippen LogP contribution in [-0.4, -0.2) is 0 Å². The van der Waals surface area contributed by atoms with Crippen LogP contribution in [-0.2, 0) is 13.2 Å². The van der Waals surface area contributed by atoms with Crippen LogP contribution in [0.3, 0.4) is 0 Å². The first-order chi connectivity index (χ1) is 9.11. The summed E-state index contributed by atoms with van der Waals surface area (Å²) in [4.78, 5) is 0. The maximum Gasteiger partial charge on any atom is 0.125 e. The average molecular weight is 276 g/mol. The van der Waals surface area contributed by atoms with Gasteiger partial charge in [0.2, 0.25) is 0 Å². The molecular formula is C16H18ClNO. The summed E-state index contributed by atoms with van der Waals surface area (Å²) >= 11 is 6.10. The molecule has 0 aliphatic rings. The largest absolute Gasteiger partial charge is 0.489 e. The molecule has 0 aliphatic carbocycles. The van der Waals surface area contributed by atoms with E-state index >= 15 is 0 Å². The molecule has 0 spiro atoms. The highest BCUT2D eigenvalue weighted by Crippen LogP contribution is 2.26. The third-order valence-corrected chi connectivity index (χ3v) is 3.60. The van der Waals surface area contributed by atoms with Crippen molar-refractivity contribution in [2.45, 2.75) is 27.0 Å². The Hall–Kier alpha value is -1.51. The number of halogens is 1. The quantitative estimate of drug-likeness (QED) is 0.915. The van der Waals surface area contributed by atoms with Crippen molar-refractivity contribution in [3.8, 4) is 5.75 Å². The highest BCUT2D eigenvalue weighted by molar-refractivity contribution is 6.31. The summed E-state index contributed by atoms with van der Waals surface area (Å²) in [6.07, 6.45) is 0. The van der Waals surface area contributed by atoms with Crippen molar-refractivity contribution >= 4 is 11.6 Å². The average Bonchev–Trinajstić information content (AvgIpc) is 2.40. The van der Waals surface area contributed by atoms with Crippen molar-refractivity contribution in [3.05, 3.63) is 63.7 Å². The van der Waals surface area contributed by atoms with Crippen LogP contribution in [0.1, 0.15) is 22.3 Å². The number of nitrogens with two attached hydrogens (primary N) is 1. The first-order valence-corrected chi connectivity index (χ1v) is 6.66. The molecule has 0 saturated heterocycles. The fourth-order valence-electron chi connectivity index (χ4n) is 1.93. The van der Waals surface area contributed by atoms with Crippen molar-refractivity contribution in [2.24, 2.45) is 5.73 Å². The van der Waals surface area contributed by atoms with E-state index in [1.54, 1.807) is 0 Å². The second kappa shape index (κ2) is 6.09. The lowest BCUT2D eigenvalue weighted by Crippen LogP contribution is -2.03. The smallest absolute Gasteiger partial charge is 0.125 e. The van der Waals surface area contributed by atoms with E-state index in [9.17, 15) is 0 Å². The molecule has 0 amide bonds. The monoisotopic (exact) mass is 275 g/mol. The van der Waals surface area contributed by atoms with Crippen molar-refractivity contribution in [2.75, 3.05) is 0 Å². The lowest BCUT2D eigenvalue weighted by molar-refractivity contribution is 0.303. The predicted octanol–water partition coefficient (Wildman–Crippen LogP) is 3.99. The molecule has 2 aromatic carbocycles. The number of hydrogen-bond donors (Lipinski definition) is 1. The summed E-state index contributed by atoms with van der Waals surface area (Å²) in [5.74, 6) is 0.758. The molecular weight excluding hydrogens is 258 g/mol. The molecule has 0 radical (unpaired) electrons. The Labute approximate surface area is 119 Å².